The number of rotatable bonds is 7. The first-order chi connectivity index (χ1) is 13.7. The van der Waals surface area contributed by atoms with E-state index in [4.69, 9.17) is 14.2 Å². The lowest BCUT2D eigenvalue weighted by Crippen LogP contribution is -2.30. The molecule has 1 aliphatic heterocycles. The van der Waals surface area contributed by atoms with Crippen molar-refractivity contribution in [2.45, 2.75) is 19.1 Å². The predicted octanol–water partition coefficient (Wildman–Crippen LogP) is 4.55. The molecule has 144 valence electrons. The Bertz CT molecular complexity index is 815. The Hall–Kier alpha value is -2.80. The smallest absolute Gasteiger partial charge is 0.219 e. The molecule has 0 aromatic heterocycles. The van der Waals surface area contributed by atoms with E-state index in [-0.39, 0.29) is 11.7 Å². The first-order valence-corrected chi connectivity index (χ1v) is 9.40. The van der Waals surface area contributed by atoms with Gasteiger partial charge in [-0.2, -0.15) is 0 Å². The van der Waals surface area contributed by atoms with E-state index in [1.54, 1.807) is 20.3 Å². The second-order valence-electron chi connectivity index (χ2n) is 6.94. The van der Waals surface area contributed by atoms with Gasteiger partial charge < -0.3 is 14.2 Å². The van der Waals surface area contributed by atoms with E-state index in [9.17, 15) is 0 Å². The highest BCUT2D eigenvalue weighted by Crippen LogP contribution is 2.28. The maximum absolute atomic E-state index is 5.62. The minimum atomic E-state index is -0.336. The molecule has 0 bridgehead atoms. The second kappa shape index (κ2) is 9.94. The van der Waals surface area contributed by atoms with Crippen LogP contribution in [0.15, 0.2) is 84.7 Å². The van der Waals surface area contributed by atoms with Gasteiger partial charge >= 0.3 is 0 Å². The quantitative estimate of drug-likeness (QED) is 0.666. The zero-order chi connectivity index (χ0) is 19.7. The number of benzene rings is 2. The summed E-state index contributed by atoms with van der Waals surface area (Å²) in [6.45, 7) is 0.546. The molecule has 0 aliphatic carbocycles. The second-order valence-corrected chi connectivity index (χ2v) is 6.94. The Kier molecular flexibility index (Phi) is 7.08. The molecular formula is C25H26O3. The fourth-order valence-corrected chi connectivity index (χ4v) is 3.39. The van der Waals surface area contributed by atoms with Crippen molar-refractivity contribution in [3.05, 3.63) is 95.8 Å². The third-order valence-corrected chi connectivity index (χ3v) is 4.65. The summed E-state index contributed by atoms with van der Waals surface area (Å²) in [6, 6.07) is 20.9. The molecule has 0 amide bonds. The molecule has 0 spiro atoms. The molecule has 1 heterocycles. The van der Waals surface area contributed by atoms with Gasteiger partial charge in [-0.15, -0.1) is 0 Å². The number of ether oxygens (including phenoxy) is 3. The number of allylic oxidation sites excluding steroid dienone is 2. The van der Waals surface area contributed by atoms with E-state index in [2.05, 4.69) is 60.4 Å². The normalized spacial score (nSPS) is 17.2. The van der Waals surface area contributed by atoms with Gasteiger partial charge in [0.05, 0.1) is 12.0 Å². The molecular weight excluding hydrogens is 348 g/mol. The fraction of sp³-hybridized carbons (Fsp3) is 0.280. The molecule has 3 rings (SSSR count). The lowest BCUT2D eigenvalue weighted by Gasteiger charge is -2.28. The van der Waals surface area contributed by atoms with Crippen molar-refractivity contribution in [2.24, 2.45) is 5.41 Å². The molecule has 2 aromatic rings. The van der Waals surface area contributed by atoms with Gasteiger partial charge in [-0.3, -0.25) is 0 Å². The van der Waals surface area contributed by atoms with Crippen molar-refractivity contribution in [3.8, 4) is 11.8 Å². The van der Waals surface area contributed by atoms with Gasteiger partial charge in [-0.05, 0) is 36.1 Å². The molecule has 1 aliphatic rings. The van der Waals surface area contributed by atoms with Gasteiger partial charge in [0.15, 0.2) is 0 Å². The average Bonchev–Trinajstić information content (AvgIpc) is 3.18. The fourth-order valence-electron chi connectivity index (χ4n) is 3.39. The molecule has 0 fully saturated rings. The van der Waals surface area contributed by atoms with E-state index >= 15 is 0 Å². The molecule has 0 N–H and O–H groups in total. The van der Waals surface area contributed by atoms with Crippen LogP contribution in [0.25, 0.3) is 0 Å². The molecule has 0 saturated carbocycles. The Morgan fingerprint density at radius 2 is 1.57 bits per heavy atom. The summed E-state index contributed by atoms with van der Waals surface area (Å²) < 4.78 is 16.4. The van der Waals surface area contributed by atoms with Crippen LogP contribution < -0.4 is 0 Å². The van der Waals surface area contributed by atoms with Crippen LogP contribution in [0, 0.1) is 17.3 Å². The van der Waals surface area contributed by atoms with Gasteiger partial charge in [-0.1, -0.05) is 72.5 Å². The summed E-state index contributed by atoms with van der Waals surface area (Å²) in [4.78, 5) is 0. The summed E-state index contributed by atoms with van der Waals surface area (Å²) in [7, 11) is 3.35. The Balaban J connectivity index is 1.89. The van der Waals surface area contributed by atoms with Crippen LogP contribution in [0.2, 0.25) is 0 Å². The first kappa shape index (κ1) is 19.9. The van der Waals surface area contributed by atoms with E-state index in [0.717, 1.165) is 12.8 Å². The number of hydrogen-bond donors (Lipinski definition) is 0. The third kappa shape index (κ3) is 5.60. The predicted molar refractivity (Wildman–Crippen MR) is 111 cm³/mol. The number of methoxy groups -OCH3 is 2. The van der Waals surface area contributed by atoms with Crippen LogP contribution in [0.3, 0.4) is 0 Å². The highest BCUT2D eigenvalue weighted by Gasteiger charge is 2.29. The van der Waals surface area contributed by atoms with E-state index in [1.807, 2.05) is 24.3 Å². The van der Waals surface area contributed by atoms with Gasteiger partial charge in [0.25, 0.3) is 0 Å². The Labute approximate surface area is 167 Å². The number of hydrogen-bond acceptors (Lipinski definition) is 3. The van der Waals surface area contributed by atoms with Gasteiger partial charge in [0.2, 0.25) is 6.29 Å². The SMILES string of the molecule is COCC(C#C/C=C1\C=CC(OC)O1)(Cc1ccccc1)Cc1ccccc1. The van der Waals surface area contributed by atoms with E-state index in [0.29, 0.717) is 12.4 Å². The highest BCUT2D eigenvalue weighted by atomic mass is 16.7. The molecule has 0 saturated heterocycles. The highest BCUT2D eigenvalue weighted by molar-refractivity contribution is 5.33. The van der Waals surface area contributed by atoms with Crippen molar-refractivity contribution in [2.75, 3.05) is 20.8 Å². The van der Waals surface area contributed by atoms with Crippen molar-refractivity contribution < 1.29 is 14.2 Å². The maximum atomic E-state index is 5.62. The molecule has 2 aromatic carbocycles. The van der Waals surface area contributed by atoms with Crippen molar-refractivity contribution >= 4 is 0 Å². The average molecular weight is 374 g/mol. The zero-order valence-corrected chi connectivity index (χ0v) is 16.4. The van der Waals surface area contributed by atoms with E-state index in [1.165, 1.54) is 11.1 Å². The maximum Gasteiger partial charge on any atom is 0.219 e. The molecule has 1 atom stereocenters. The molecule has 3 heteroatoms. The van der Waals surface area contributed by atoms with Crippen LogP contribution in [-0.2, 0) is 27.1 Å². The van der Waals surface area contributed by atoms with Gasteiger partial charge in [-0.25, -0.2) is 0 Å². The molecule has 0 radical (unpaired) electrons. The van der Waals surface area contributed by atoms with Crippen LogP contribution in [0.5, 0.6) is 0 Å². The monoisotopic (exact) mass is 374 g/mol. The molecule has 1 unspecified atom stereocenters. The molecule has 28 heavy (non-hydrogen) atoms. The lowest BCUT2D eigenvalue weighted by molar-refractivity contribution is -0.0446. The summed E-state index contributed by atoms with van der Waals surface area (Å²) in [5.41, 5.74) is 2.15. The largest absolute Gasteiger partial charge is 0.461 e. The minimum Gasteiger partial charge on any atom is -0.461 e. The summed E-state index contributed by atoms with van der Waals surface area (Å²) in [5, 5.41) is 0. The van der Waals surface area contributed by atoms with E-state index < -0.39 is 0 Å². The minimum absolute atomic E-state index is 0.328. The summed E-state index contributed by atoms with van der Waals surface area (Å²) in [5.74, 6) is 7.41. The van der Waals surface area contributed by atoms with Crippen LogP contribution in [0.1, 0.15) is 11.1 Å². The van der Waals surface area contributed by atoms with Crippen molar-refractivity contribution in [1.82, 2.24) is 0 Å². The van der Waals surface area contributed by atoms with Crippen LogP contribution >= 0.6 is 0 Å². The van der Waals surface area contributed by atoms with Crippen LogP contribution in [0.4, 0.5) is 0 Å². The van der Waals surface area contributed by atoms with Crippen molar-refractivity contribution in [1.29, 1.82) is 0 Å². The topological polar surface area (TPSA) is 27.7 Å². The van der Waals surface area contributed by atoms with Gasteiger partial charge in [0, 0.05) is 20.3 Å². The molecule has 3 nitrogen and oxygen atoms in total. The Morgan fingerprint density at radius 3 is 2.07 bits per heavy atom. The standard InChI is InChI=1S/C25H26O3/c1-26-20-25(18-21-10-5-3-6-11-21,19-22-12-7-4-8-13-22)17-9-14-23-15-16-24(27-2)28-23/h3-8,10-16,24H,18-20H2,1-2H3/b23-14+. The third-order valence-electron chi connectivity index (χ3n) is 4.65. The summed E-state index contributed by atoms with van der Waals surface area (Å²) >= 11 is 0. The van der Waals surface area contributed by atoms with Crippen molar-refractivity contribution in [3.63, 3.8) is 0 Å². The van der Waals surface area contributed by atoms with Gasteiger partial charge in [0.1, 0.15) is 5.76 Å². The first-order valence-electron chi connectivity index (χ1n) is 9.40. The lowest BCUT2D eigenvalue weighted by atomic mass is 9.77. The Morgan fingerprint density at radius 1 is 0.964 bits per heavy atom. The van der Waals surface area contributed by atoms with Crippen LogP contribution in [-0.4, -0.2) is 27.1 Å². The summed E-state index contributed by atoms with van der Waals surface area (Å²) in [6.07, 6.45) is 6.84. The zero-order valence-electron chi connectivity index (χ0n) is 16.4.